The van der Waals surface area contributed by atoms with Gasteiger partial charge in [-0.25, -0.2) is 0 Å². The lowest BCUT2D eigenvalue weighted by Gasteiger charge is -2.29. The van der Waals surface area contributed by atoms with Crippen LogP contribution >= 0.6 is 7.60 Å². The van der Waals surface area contributed by atoms with Crippen molar-refractivity contribution in [1.82, 2.24) is 0 Å². The van der Waals surface area contributed by atoms with Gasteiger partial charge in [-0.05, 0) is 27.7 Å². The van der Waals surface area contributed by atoms with E-state index in [0.29, 0.717) is 6.61 Å². The van der Waals surface area contributed by atoms with Crippen LogP contribution in [0.1, 0.15) is 40.5 Å². The number of halogens is 1. The molecule has 0 atom stereocenters. The molecule has 5 nitrogen and oxygen atoms in total. The third kappa shape index (κ3) is 8.86. The number of likely N-dealkylation sites (N-methyl/N-ethyl adjacent to an activating group) is 1. The molecule has 1 rings (SSSR count). The largest absolute Gasteiger partial charge is 1.00 e. The Labute approximate surface area is 146 Å². The molecule has 1 aliphatic rings. The molecule has 0 spiro atoms. The molecule has 21 heavy (non-hydrogen) atoms. The smallest absolute Gasteiger partial charge is 0.356 e. The number of hydrogen-bond donors (Lipinski definition) is 0. The standard InChI is InChI=1S/C14H31NO4P.HI/c1-13(2)18-20(16,19-14(3)4)12-17-11-10-15(5)8-6-7-9-15;/h13-14H,6-12H2,1-5H3;1H/q+1;/p-1. The Bertz CT molecular complexity index is 319. The average Bonchev–Trinajstić information content (AvgIpc) is 2.70. The quantitative estimate of drug-likeness (QED) is 0.226. The minimum absolute atomic E-state index is 0. The molecule has 0 radical (unpaired) electrons. The molecule has 0 amide bonds. The molecule has 128 valence electrons. The predicted octanol–water partition coefficient (Wildman–Crippen LogP) is 0.248. The number of hydrogen-bond acceptors (Lipinski definition) is 4. The van der Waals surface area contributed by atoms with Crippen molar-refractivity contribution in [1.29, 1.82) is 0 Å². The Kier molecular flexibility index (Phi) is 10.2. The third-order valence-electron chi connectivity index (χ3n) is 3.41. The second kappa shape index (κ2) is 9.83. The van der Waals surface area contributed by atoms with E-state index in [1.54, 1.807) is 0 Å². The van der Waals surface area contributed by atoms with Gasteiger partial charge >= 0.3 is 7.60 Å². The molecule has 0 bridgehead atoms. The van der Waals surface area contributed by atoms with Gasteiger partial charge in [0.15, 0.2) is 0 Å². The van der Waals surface area contributed by atoms with Crippen LogP contribution in [0.5, 0.6) is 0 Å². The van der Waals surface area contributed by atoms with Gasteiger partial charge in [-0.15, -0.1) is 0 Å². The van der Waals surface area contributed by atoms with E-state index in [1.165, 1.54) is 25.9 Å². The van der Waals surface area contributed by atoms with Crippen molar-refractivity contribution in [3.8, 4) is 0 Å². The van der Waals surface area contributed by atoms with Gasteiger partial charge < -0.3 is 42.2 Å². The van der Waals surface area contributed by atoms with Crippen LogP contribution in [0, 0.1) is 0 Å². The number of likely N-dealkylation sites (tertiary alicyclic amines) is 1. The fraction of sp³-hybridized carbons (Fsp3) is 1.00. The topological polar surface area (TPSA) is 44.8 Å². The molecule has 7 heteroatoms. The summed E-state index contributed by atoms with van der Waals surface area (Å²) in [6, 6.07) is 0. The Balaban J connectivity index is 0.00000400. The van der Waals surface area contributed by atoms with E-state index in [1.807, 2.05) is 27.7 Å². The summed E-state index contributed by atoms with van der Waals surface area (Å²) in [5, 5.41) is 0. The second-order valence-corrected chi connectivity index (χ2v) is 8.36. The van der Waals surface area contributed by atoms with E-state index in [4.69, 9.17) is 13.8 Å². The summed E-state index contributed by atoms with van der Waals surface area (Å²) in [5.74, 6) is 0. The Hall–Kier alpha value is 0.800. The average molecular weight is 435 g/mol. The number of nitrogens with zero attached hydrogens (tertiary/aromatic N) is 1. The zero-order chi connectivity index (χ0) is 15.2. The maximum absolute atomic E-state index is 12.5. The van der Waals surface area contributed by atoms with Crippen molar-refractivity contribution in [3.05, 3.63) is 0 Å². The SMILES string of the molecule is CC(C)OP(=O)(COCC[N+]1(C)CCCC1)OC(C)C.[I-]. The maximum atomic E-state index is 12.5. The summed E-state index contributed by atoms with van der Waals surface area (Å²) in [4.78, 5) is 0. The molecule has 1 heterocycles. The zero-order valence-corrected chi connectivity index (χ0v) is 17.1. The number of quaternary nitrogens is 1. The van der Waals surface area contributed by atoms with Crippen LogP contribution in [0.15, 0.2) is 0 Å². The third-order valence-corrected chi connectivity index (χ3v) is 5.40. The van der Waals surface area contributed by atoms with Gasteiger partial charge in [-0.3, -0.25) is 4.57 Å². The first kappa shape index (κ1) is 21.8. The molecule has 1 saturated heterocycles. The van der Waals surface area contributed by atoms with E-state index in [2.05, 4.69) is 7.05 Å². The van der Waals surface area contributed by atoms with E-state index in [-0.39, 0.29) is 42.5 Å². The summed E-state index contributed by atoms with van der Waals surface area (Å²) in [6.45, 7) is 11.4. The molecule has 0 aromatic heterocycles. The molecular formula is C14H31INO4P. The van der Waals surface area contributed by atoms with Crippen LogP contribution in [-0.4, -0.2) is 56.3 Å². The summed E-state index contributed by atoms with van der Waals surface area (Å²) >= 11 is 0. The molecule has 1 fully saturated rings. The lowest BCUT2D eigenvalue weighted by molar-refractivity contribution is -0.898. The molecule has 0 aromatic rings. The van der Waals surface area contributed by atoms with Crippen LogP contribution < -0.4 is 24.0 Å². The van der Waals surface area contributed by atoms with Gasteiger partial charge in [0.05, 0.1) is 39.0 Å². The van der Waals surface area contributed by atoms with Crippen LogP contribution in [0.25, 0.3) is 0 Å². The van der Waals surface area contributed by atoms with Gasteiger partial charge in [0.1, 0.15) is 12.9 Å². The van der Waals surface area contributed by atoms with Crippen molar-refractivity contribution in [3.63, 3.8) is 0 Å². The lowest BCUT2D eigenvalue weighted by atomic mass is 10.4. The van der Waals surface area contributed by atoms with E-state index < -0.39 is 7.60 Å². The Morgan fingerprint density at radius 2 is 1.52 bits per heavy atom. The molecule has 0 aliphatic carbocycles. The van der Waals surface area contributed by atoms with Crippen molar-refractivity contribution in [2.75, 3.05) is 39.6 Å². The molecule has 0 aromatic carbocycles. The highest BCUT2D eigenvalue weighted by molar-refractivity contribution is 7.53. The van der Waals surface area contributed by atoms with Crippen LogP contribution in [-0.2, 0) is 18.3 Å². The van der Waals surface area contributed by atoms with Crippen molar-refractivity contribution < 1.29 is 46.8 Å². The van der Waals surface area contributed by atoms with Gasteiger partial charge in [-0.1, -0.05) is 0 Å². The summed E-state index contributed by atoms with van der Waals surface area (Å²) in [7, 11) is -0.889. The first-order valence-corrected chi connectivity index (χ1v) is 9.35. The highest BCUT2D eigenvalue weighted by Gasteiger charge is 2.30. The minimum Gasteiger partial charge on any atom is -1.00 e. The zero-order valence-electron chi connectivity index (χ0n) is 14.0. The van der Waals surface area contributed by atoms with Crippen LogP contribution in [0.4, 0.5) is 0 Å². The number of ether oxygens (including phenoxy) is 1. The van der Waals surface area contributed by atoms with Gasteiger partial charge in [0.25, 0.3) is 0 Å². The van der Waals surface area contributed by atoms with Gasteiger partial charge in [0.2, 0.25) is 0 Å². The predicted molar refractivity (Wildman–Crippen MR) is 80.9 cm³/mol. The summed E-state index contributed by atoms with van der Waals surface area (Å²) in [5.41, 5.74) is 0. The van der Waals surface area contributed by atoms with Crippen LogP contribution in [0.3, 0.4) is 0 Å². The highest BCUT2D eigenvalue weighted by atomic mass is 127. The maximum Gasteiger partial charge on any atom is 0.356 e. The van der Waals surface area contributed by atoms with Crippen molar-refractivity contribution in [2.24, 2.45) is 0 Å². The first-order chi connectivity index (χ1) is 9.25. The molecule has 0 unspecified atom stereocenters. The van der Waals surface area contributed by atoms with Crippen molar-refractivity contribution in [2.45, 2.75) is 52.7 Å². The summed E-state index contributed by atoms with van der Waals surface area (Å²) in [6.07, 6.45) is 2.37. The Morgan fingerprint density at radius 3 is 1.95 bits per heavy atom. The first-order valence-electron chi connectivity index (χ1n) is 7.62. The molecular weight excluding hydrogens is 404 g/mol. The normalized spacial score (nSPS) is 18.2. The lowest BCUT2D eigenvalue weighted by Crippen LogP contribution is -3.00. The van der Waals surface area contributed by atoms with Gasteiger partial charge in [-0.2, -0.15) is 0 Å². The van der Waals surface area contributed by atoms with E-state index in [9.17, 15) is 4.57 Å². The summed E-state index contributed by atoms with van der Waals surface area (Å²) < 4.78 is 30.1. The van der Waals surface area contributed by atoms with Gasteiger partial charge in [0, 0.05) is 12.8 Å². The molecule has 0 N–H and O–H groups in total. The second-order valence-electron chi connectivity index (χ2n) is 6.45. The van der Waals surface area contributed by atoms with Crippen molar-refractivity contribution >= 4 is 7.60 Å². The minimum atomic E-state index is -3.14. The fourth-order valence-electron chi connectivity index (χ4n) is 2.51. The van der Waals surface area contributed by atoms with Crippen LogP contribution in [0.2, 0.25) is 0 Å². The number of rotatable bonds is 9. The molecule has 0 saturated carbocycles. The van der Waals surface area contributed by atoms with E-state index in [0.717, 1.165) is 11.0 Å². The Morgan fingerprint density at radius 1 is 1.05 bits per heavy atom. The fourth-order valence-corrected chi connectivity index (χ4v) is 4.32. The highest BCUT2D eigenvalue weighted by Crippen LogP contribution is 2.50. The van der Waals surface area contributed by atoms with E-state index >= 15 is 0 Å². The monoisotopic (exact) mass is 435 g/mol. The molecule has 1 aliphatic heterocycles.